The Balaban J connectivity index is 1.79. The van der Waals surface area contributed by atoms with Crippen LogP contribution in [0.5, 0.6) is 0 Å². The molecule has 1 atom stereocenters. The lowest BCUT2D eigenvalue weighted by atomic mass is 10.3. The van der Waals surface area contributed by atoms with E-state index in [-0.39, 0.29) is 5.09 Å². The van der Waals surface area contributed by atoms with Gasteiger partial charge in [0.1, 0.15) is 5.76 Å². The minimum absolute atomic E-state index is 0.0417. The third-order valence-electron chi connectivity index (χ3n) is 3.73. The monoisotopic (exact) mass is 301 g/mol. The molecule has 0 aliphatic heterocycles. The quantitative estimate of drug-likeness (QED) is 0.741. The molecule has 1 saturated carbocycles. The average Bonchev–Trinajstić information content (AvgIpc) is 3.16. The highest BCUT2D eigenvalue weighted by atomic mass is 32.2. The molecule has 1 aliphatic carbocycles. The Morgan fingerprint density at radius 1 is 1.45 bits per heavy atom. The number of hydrogen-bond acceptors (Lipinski definition) is 5. The standard InChI is InChI=1S/C13H23N3O3S/c1-10(16(3)11-4-5-11)8-15-9-12-6-7-13(19-12)20(17,18)14-2/h6-7,10-11,14-15H,4-5,8-9H2,1-3H3. The molecule has 0 bridgehead atoms. The number of sulfonamides is 1. The lowest BCUT2D eigenvalue weighted by Gasteiger charge is -2.24. The van der Waals surface area contributed by atoms with Crippen molar-refractivity contribution in [1.29, 1.82) is 0 Å². The minimum Gasteiger partial charge on any atom is -0.447 e. The van der Waals surface area contributed by atoms with Gasteiger partial charge in [0.2, 0.25) is 5.09 Å². The molecule has 1 aromatic heterocycles. The van der Waals surface area contributed by atoms with E-state index in [0.29, 0.717) is 18.3 Å². The molecule has 0 radical (unpaired) electrons. The van der Waals surface area contributed by atoms with Gasteiger partial charge in [-0.05, 0) is 46.0 Å². The summed E-state index contributed by atoms with van der Waals surface area (Å²) in [6.07, 6.45) is 2.59. The number of likely N-dealkylation sites (N-methyl/N-ethyl adjacent to an activating group) is 1. The first-order chi connectivity index (χ1) is 9.44. The Morgan fingerprint density at radius 2 is 2.15 bits per heavy atom. The summed E-state index contributed by atoms with van der Waals surface area (Å²) in [7, 11) is 0.0257. The zero-order valence-corrected chi connectivity index (χ0v) is 13.0. The third-order valence-corrected chi connectivity index (χ3v) is 5.01. The summed E-state index contributed by atoms with van der Waals surface area (Å²) in [5.41, 5.74) is 0. The maximum absolute atomic E-state index is 11.5. The third kappa shape index (κ3) is 3.82. The van der Waals surface area contributed by atoms with Crippen LogP contribution in [-0.2, 0) is 16.6 Å². The Hall–Kier alpha value is -0.890. The minimum atomic E-state index is -3.49. The zero-order valence-electron chi connectivity index (χ0n) is 12.2. The molecule has 1 fully saturated rings. The molecule has 0 aromatic carbocycles. The summed E-state index contributed by atoms with van der Waals surface area (Å²) in [5.74, 6) is 0.625. The smallest absolute Gasteiger partial charge is 0.273 e. The number of furan rings is 1. The van der Waals surface area contributed by atoms with Crippen LogP contribution in [0.3, 0.4) is 0 Å². The first-order valence-electron chi connectivity index (χ1n) is 6.89. The highest BCUT2D eigenvalue weighted by Gasteiger charge is 2.28. The molecule has 7 heteroatoms. The molecule has 2 N–H and O–H groups in total. The van der Waals surface area contributed by atoms with Gasteiger partial charge in [-0.3, -0.25) is 4.90 Å². The molecule has 1 aromatic rings. The second-order valence-corrected chi connectivity index (χ2v) is 7.12. The van der Waals surface area contributed by atoms with Crippen molar-refractivity contribution in [1.82, 2.24) is 14.9 Å². The number of nitrogens with one attached hydrogen (secondary N) is 2. The summed E-state index contributed by atoms with van der Waals surface area (Å²) in [4.78, 5) is 2.38. The summed E-state index contributed by atoms with van der Waals surface area (Å²) >= 11 is 0. The molecule has 0 spiro atoms. The summed E-state index contributed by atoms with van der Waals surface area (Å²) < 4.78 is 30.6. The first-order valence-corrected chi connectivity index (χ1v) is 8.37. The second-order valence-electron chi connectivity index (χ2n) is 5.30. The first kappa shape index (κ1) is 15.5. The maximum atomic E-state index is 11.5. The van der Waals surface area contributed by atoms with E-state index in [2.05, 4.69) is 28.9 Å². The van der Waals surface area contributed by atoms with Gasteiger partial charge in [-0.15, -0.1) is 0 Å². The fourth-order valence-corrected chi connectivity index (χ4v) is 2.75. The van der Waals surface area contributed by atoms with Crippen molar-refractivity contribution in [2.75, 3.05) is 20.6 Å². The van der Waals surface area contributed by atoms with Crippen LogP contribution >= 0.6 is 0 Å². The highest BCUT2D eigenvalue weighted by molar-refractivity contribution is 7.89. The van der Waals surface area contributed by atoms with E-state index < -0.39 is 10.0 Å². The molecule has 20 heavy (non-hydrogen) atoms. The van der Waals surface area contributed by atoms with Gasteiger partial charge < -0.3 is 9.73 Å². The Bertz CT molecular complexity index is 537. The van der Waals surface area contributed by atoms with E-state index in [9.17, 15) is 8.42 Å². The molecular formula is C13H23N3O3S. The Labute approximate surface area is 120 Å². The summed E-state index contributed by atoms with van der Waals surface area (Å²) in [5, 5.41) is 3.26. The summed E-state index contributed by atoms with van der Waals surface area (Å²) in [6, 6.07) is 4.36. The lowest BCUT2D eigenvalue weighted by molar-refractivity contribution is 0.239. The average molecular weight is 301 g/mol. The van der Waals surface area contributed by atoms with Crippen molar-refractivity contribution in [3.05, 3.63) is 17.9 Å². The molecule has 114 valence electrons. The van der Waals surface area contributed by atoms with Crippen LogP contribution in [-0.4, -0.2) is 46.0 Å². The van der Waals surface area contributed by atoms with Gasteiger partial charge in [-0.1, -0.05) is 0 Å². The van der Waals surface area contributed by atoms with Crippen molar-refractivity contribution >= 4 is 10.0 Å². The van der Waals surface area contributed by atoms with E-state index in [1.807, 2.05) is 0 Å². The van der Waals surface area contributed by atoms with Gasteiger partial charge in [0.15, 0.2) is 0 Å². The van der Waals surface area contributed by atoms with Gasteiger partial charge in [-0.25, -0.2) is 13.1 Å². The predicted molar refractivity (Wildman–Crippen MR) is 76.9 cm³/mol. The van der Waals surface area contributed by atoms with Crippen LogP contribution in [0.15, 0.2) is 21.6 Å². The molecule has 0 saturated heterocycles. The number of hydrogen-bond donors (Lipinski definition) is 2. The van der Waals surface area contributed by atoms with E-state index >= 15 is 0 Å². The van der Waals surface area contributed by atoms with Gasteiger partial charge in [0.05, 0.1) is 6.54 Å². The highest BCUT2D eigenvalue weighted by Crippen LogP contribution is 2.26. The fraction of sp³-hybridized carbons (Fsp3) is 0.692. The normalized spacial score (nSPS) is 17.6. The van der Waals surface area contributed by atoms with Crippen molar-refractivity contribution in [2.24, 2.45) is 0 Å². The molecule has 1 aliphatic rings. The molecule has 1 unspecified atom stereocenters. The predicted octanol–water partition coefficient (Wildman–Crippen LogP) is 0.760. The Morgan fingerprint density at radius 3 is 2.75 bits per heavy atom. The van der Waals surface area contributed by atoms with Gasteiger partial charge in [0, 0.05) is 18.6 Å². The molecule has 6 nitrogen and oxygen atoms in total. The van der Waals surface area contributed by atoms with E-state index in [1.54, 1.807) is 6.07 Å². The molecular weight excluding hydrogens is 278 g/mol. The molecule has 0 amide bonds. The van der Waals surface area contributed by atoms with Crippen molar-refractivity contribution in [3.8, 4) is 0 Å². The van der Waals surface area contributed by atoms with Gasteiger partial charge >= 0.3 is 0 Å². The van der Waals surface area contributed by atoms with Crippen molar-refractivity contribution < 1.29 is 12.8 Å². The largest absolute Gasteiger partial charge is 0.447 e. The summed E-state index contributed by atoms with van der Waals surface area (Å²) in [6.45, 7) is 3.56. The van der Waals surface area contributed by atoms with Crippen LogP contribution < -0.4 is 10.0 Å². The van der Waals surface area contributed by atoms with Crippen molar-refractivity contribution in [3.63, 3.8) is 0 Å². The molecule has 2 rings (SSSR count). The lowest BCUT2D eigenvalue weighted by Crippen LogP contribution is -2.38. The van der Waals surface area contributed by atoms with E-state index in [1.165, 1.54) is 26.0 Å². The Kier molecular flexibility index (Phi) is 4.85. The van der Waals surface area contributed by atoms with Gasteiger partial charge in [0.25, 0.3) is 10.0 Å². The van der Waals surface area contributed by atoms with Crippen LogP contribution in [0.2, 0.25) is 0 Å². The van der Waals surface area contributed by atoms with E-state index in [0.717, 1.165) is 12.6 Å². The topological polar surface area (TPSA) is 74.6 Å². The second kappa shape index (κ2) is 6.26. The molecule has 1 heterocycles. The van der Waals surface area contributed by atoms with Crippen LogP contribution in [0, 0.1) is 0 Å². The number of rotatable bonds is 8. The maximum Gasteiger partial charge on any atom is 0.273 e. The van der Waals surface area contributed by atoms with Crippen LogP contribution in [0.4, 0.5) is 0 Å². The van der Waals surface area contributed by atoms with E-state index in [4.69, 9.17) is 4.42 Å². The van der Waals surface area contributed by atoms with Crippen molar-refractivity contribution in [2.45, 2.75) is 43.5 Å². The zero-order chi connectivity index (χ0) is 14.8. The van der Waals surface area contributed by atoms with Gasteiger partial charge in [-0.2, -0.15) is 0 Å². The SMILES string of the molecule is CNS(=O)(=O)c1ccc(CNCC(C)N(C)C2CC2)o1. The number of nitrogens with zero attached hydrogens (tertiary/aromatic N) is 1. The fourth-order valence-electron chi connectivity index (χ4n) is 2.09. The van der Waals surface area contributed by atoms with Crippen LogP contribution in [0.1, 0.15) is 25.5 Å². The van der Waals surface area contributed by atoms with Crippen LogP contribution in [0.25, 0.3) is 0 Å².